The summed E-state index contributed by atoms with van der Waals surface area (Å²) in [5, 5.41) is 0.608. The Morgan fingerprint density at radius 1 is 0.765 bits per heavy atom. The molecule has 2 atom stereocenters. The molecule has 0 spiro atoms. The molecule has 0 aliphatic carbocycles. The lowest BCUT2D eigenvalue weighted by Crippen LogP contribution is -2.61. The fourth-order valence-corrected chi connectivity index (χ4v) is 5.29. The molecule has 0 aromatic heterocycles. The van der Waals surface area contributed by atoms with E-state index >= 15 is 0 Å². The number of halogens is 1. The lowest BCUT2D eigenvalue weighted by molar-refractivity contribution is -0.0835. The molecule has 5 rings (SSSR count). The molecule has 2 aliphatic rings. The third kappa shape index (κ3) is 5.01. The van der Waals surface area contributed by atoms with Crippen LogP contribution < -0.4 is 0 Å². The van der Waals surface area contributed by atoms with Crippen LogP contribution in [0.15, 0.2) is 84.9 Å². The van der Waals surface area contributed by atoms with Gasteiger partial charge in [-0.25, -0.2) is 4.79 Å². The number of rotatable bonds is 5. The van der Waals surface area contributed by atoms with Crippen molar-refractivity contribution in [2.75, 3.05) is 26.2 Å². The first-order valence-corrected chi connectivity index (χ1v) is 12.0. The van der Waals surface area contributed by atoms with E-state index in [9.17, 15) is 9.59 Å². The highest BCUT2D eigenvalue weighted by Crippen LogP contribution is 2.33. The molecule has 5 nitrogen and oxygen atoms in total. The largest absolute Gasteiger partial charge is 0.458 e. The molecule has 6 heteroatoms. The Balaban J connectivity index is 1.34. The Morgan fingerprint density at radius 2 is 1.35 bits per heavy atom. The predicted octanol–water partition coefficient (Wildman–Crippen LogP) is 4.77. The van der Waals surface area contributed by atoms with Crippen LogP contribution in [0.25, 0.3) is 0 Å². The third-order valence-corrected chi connectivity index (χ3v) is 6.96. The van der Waals surface area contributed by atoms with Crippen molar-refractivity contribution < 1.29 is 14.3 Å². The van der Waals surface area contributed by atoms with E-state index in [1.807, 2.05) is 29.2 Å². The van der Waals surface area contributed by atoms with Crippen molar-refractivity contribution in [2.45, 2.75) is 12.6 Å². The van der Waals surface area contributed by atoms with E-state index in [2.05, 4.69) is 29.2 Å². The van der Waals surface area contributed by atoms with Gasteiger partial charge in [-0.3, -0.25) is 9.69 Å². The SMILES string of the molecule is O=C(OC1C2CN(Cc3ccccc3)CC1CN(C(=O)c1ccc(Cl)cc1)C2)c1ccccc1. The highest BCUT2D eigenvalue weighted by molar-refractivity contribution is 6.30. The molecule has 3 aromatic rings. The molecule has 34 heavy (non-hydrogen) atoms. The zero-order chi connectivity index (χ0) is 23.5. The average Bonchev–Trinajstić information content (AvgIpc) is 2.85. The number of ether oxygens (including phenoxy) is 1. The van der Waals surface area contributed by atoms with Crippen LogP contribution in [0.1, 0.15) is 26.3 Å². The van der Waals surface area contributed by atoms with Gasteiger partial charge < -0.3 is 9.64 Å². The standard InChI is InChI=1S/C28H27ClN2O3/c29-25-13-11-21(12-14-25)27(32)31-18-23-16-30(15-20-7-3-1-4-8-20)17-24(19-31)26(23)34-28(33)22-9-5-2-6-10-22/h1-14,23-24,26H,15-19H2. The van der Waals surface area contributed by atoms with E-state index in [0.29, 0.717) is 29.2 Å². The molecule has 1 amide bonds. The summed E-state index contributed by atoms with van der Waals surface area (Å²) in [6, 6.07) is 26.5. The monoisotopic (exact) mass is 474 g/mol. The summed E-state index contributed by atoms with van der Waals surface area (Å²) in [5.74, 6) is -0.217. The van der Waals surface area contributed by atoms with E-state index in [1.165, 1.54) is 5.56 Å². The summed E-state index contributed by atoms with van der Waals surface area (Å²) >= 11 is 6.00. The summed E-state index contributed by atoms with van der Waals surface area (Å²) in [4.78, 5) is 30.4. The van der Waals surface area contributed by atoms with Gasteiger partial charge in [-0.05, 0) is 42.0 Å². The first-order chi connectivity index (χ1) is 16.6. The van der Waals surface area contributed by atoms with Gasteiger partial charge in [-0.1, -0.05) is 60.1 Å². The molecule has 2 saturated heterocycles. The minimum absolute atomic E-state index is 0.00369. The number of carbonyl (C=O) groups is 2. The minimum Gasteiger partial charge on any atom is -0.458 e. The van der Waals surface area contributed by atoms with Crippen LogP contribution in [-0.2, 0) is 11.3 Å². The molecule has 2 bridgehead atoms. The molecule has 0 N–H and O–H groups in total. The summed E-state index contributed by atoms with van der Waals surface area (Å²) in [6.07, 6.45) is -0.214. The van der Waals surface area contributed by atoms with Crippen LogP contribution in [0.4, 0.5) is 0 Å². The van der Waals surface area contributed by atoms with Crippen molar-refractivity contribution >= 4 is 23.5 Å². The summed E-state index contributed by atoms with van der Waals surface area (Å²) < 4.78 is 6.07. The molecular weight excluding hydrogens is 448 g/mol. The second-order valence-electron chi connectivity index (χ2n) is 9.15. The number of benzene rings is 3. The zero-order valence-electron chi connectivity index (χ0n) is 18.8. The molecule has 3 aromatic carbocycles. The normalized spacial score (nSPS) is 22.3. The van der Waals surface area contributed by atoms with Gasteiger partial charge >= 0.3 is 5.97 Å². The number of hydrogen-bond donors (Lipinski definition) is 0. The van der Waals surface area contributed by atoms with Gasteiger partial charge in [-0.15, -0.1) is 0 Å². The van der Waals surface area contributed by atoms with Crippen molar-refractivity contribution in [3.05, 3.63) is 107 Å². The fourth-order valence-electron chi connectivity index (χ4n) is 5.16. The summed E-state index contributed by atoms with van der Waals surface area (Å²) in [6.45, 7) is 3.48. The van der Waals surface area contributed by atoms with Crippen LogP contribution in [0, 0.1) is 11.8 Å². The van der Waals surface area contributed by atoms with E-state index in [1.54, 1.807) is 36.4 Å². The van der Waals surface area contributed by atoms with Crippen molar-refractivity contribution in [2.24, 2.45) is 11.8 Å². The van der Waals surface area contributed by atoms with E-state index in [-0.39, 0.29) is 29.8 Å². The first-order valence-electron chi connectivity index (χ1n) is 11.6. The number of amides is 1. The molecule has 0 saturated carbocycles. The van der Waals surface area contributed by atoms with Crippen LogP contribution in [0.5, 0.6) is 0 Å². The van der Waals surface area contributed by atoms with E-state index in [0.717, 1.165) is 19.6 Å². The van der Waals surface area contributed by atoms with Gasteiger partial charge in [0, 0.05) is 55.1 Å². The van der Waals surface area contributed by atoms with Gasteiger partial charge in [0.1, 0.15) is 6.10 Å². The van der Waals surface area contributed by atoms with Crippen LogP contribution in [0.3, 0.4) is 0 Å². The number of esters is 1. The maximum atomic E-state index is 13.2. The quantitative estimate of drug-likeness (QED) is 0.500. The Labute approximate surface area is 204 Å². The Hall–Kier alpha value is -3.15. The van der Waals surface area contributed by atoms with Crippen molar-refractivity contribution in [3.63, 3.8) is 0 Å². The lowest BCUT2D eigenvalue weighted by Gasteiger charge is -2.50. The van der Waals surface area contributed by atoms with Crippen LogP contribution in [-0.4, -0.2) is 54.0 Å². The molecule has 2 unspecified atom stereocenters. The number of hydrogen-bond acceptors (Lipinski definition) is 4. The zero-order valence-corrected chi connectivity index (χ0v) is 19.6. The molecular formula is C28H27ClN2O3. The van der Waals surface area contributed by atoms with Gasteiger partial charge in [0.05, 0.1) is 5.56 Å². The molecule has 0 radical (unpaired) electrons. The lowest BCUT2D eigenvalue weighted by atomic mass is 9.81. The van der Waals surface area contributed by atoms with Gasteiger partial charge in [0.15, 0.2) is 0 Å². The topological polar surface area (TPSA) is 49.9 Å². The first kappa shape index (κ1) is 22.6. The highest BCUT2D eigenvalue weighted by atomic mass is 35.5. The fraction of sp³-hybridized carbons (Fsp3) is 0.286. The maximum Gasteiger partial charge on any atom is 0.338 e. The number of fused-ring (bicyclic) bond motifs is 2. The van der Waals surface area contributed by atoms with Crippen molar-refractivity contribution in [1.29, 1.82) is 0 Å². The third-order valence-electron chi connectivity index (χ3n) is 6.70. The van der Waals surface area contributed by atoms with E-state index in [4.69, 9.17) is 16.3 Å². The molecule has 2 heterocycles. The second-order valence-corrected chi connectivity index (χ2v) is 9.59. The predicted molar refractivity (Wildman–Crippen MR) is 132 cm³/mol. The van der Waals surface area contributed by atoms with Crippen LogP contribution in [0.2, 0.25) is 5.02 Å². The Kier molecular flexibility index (Phi) is 6.66. The van der Waals surface area contributed by atoms with E-state index < -0.39 is 0 Å². The second kappa shape index (κ2) is 10.00. The number of carbonyl (C=O) groups excluding carboxylic acids is 2. The molecule has 2 aliphatic heterocycles. The summed E-state index contributed by atoms with van der Waals surface area (Å²) in [5.41, 5.74) is 2.44. The number of piperidine rings is 2. The number of nitrogens with zero attached hydrogens (tertiary/aromatic N) is 2. The van der Waals surface area contributed by atoms with Gasteiger partial charge in [-0.2, -0.15) is 0 Å². The van der Waals surface area contributed by atoms with Crippen molar-refractivity contribution in [1.82, 2.24) is 9.80 Å². The highest BCUT2D eigenvalue weighted by Gasteiger charge is 2.45. The van der Waals surface area contributed by atoms with Gasteiger partial charge in [0.25, 0.3) is 5.91 Å². The van der Waals surface area contributed by atoms with Crippen molar-refractivity contribution in [3.8, 4) is 0 Å². The molecule has 174 valence electrons. The molecule has 2 fully saturated rings. The Morgan fingerprint density at radius 3 is 1.97 bits per heavy atom. The maximum absolute atomic E-state index is 13.2. The minimum atomic E-state index is -0.297. The average molecular weight is 475 g/mol. The Bertz CT molecular complexity index is 1120. The smallest absolute Gasteiger partial charge is 0.338 e. The van der Waals surface area contributed by atoms with Crippen LogP contribution >= 0.6 is 11.6 Å². The number of likely N-dealkylation sites (tertiary alicyclic amines) is 2. The summed E-state index contributed by atoms with van der Waals surface area (Å²) in [7, 11) is 0. The van der Waals surface area contributed by atoms with Gasteiger partial charge in [0.2, 0.25) is 0 Å².